The fourth-order valence-electron chi connectivity index (χ4n) is 3.52. The average molecular weight is 435 g/mol. The van der Waals surface area contributed by atoms with Crippen molar-refractivity contribution in [2.24, 2.45) is 4.99 Å². The lowest BCUT2D eigenvalue weighted by Gasteiger charge is -2.24. The van der Waals surface area contributed by atoms with Crippen molar-refractivity contribution in [1.82, 2.24) is 4.90 Å². The van der Waals surface area contributed by atoms with Gasteiger partial charge in [-0.2, -0.15) is 4.99 Å². The van der Waals surface area contributed by atoms with Gasteiger partial charge in [0, 0.05) is 16.8 Å². The van der Waals surface area contributed by atoms with Crippen LogP contribution in [0.4, 0.5) is 0 Å². The number of amides is 1. The molecule has 5 nitrogen and oxygen atoms in total. The number of halogens is 1. The fraction of sp³-hybridized carbons (Fsp3) is 0.300. The predicted octanol–water partition coefficient (Wildman–Crippen LogP) is 3.18. The van der Waals surface area contributed by atoms with Crippen LogP contribution >= 0.6 is 23.4 Å². The Kier molecular flexibility index (Phi) is 5.49. The second-order valence-electron chi connectivity index (χ2n) is 7.01. The topological polar surface area (TPSA) is 66.8 Å². The lowest BCUT2D eigenvalue weighted by molar-refractivity contribution is -0.117. The van der Waals surface area contributed by atoms with Gasteiger partial charge in [0.2, 0.25) is 0 Å². The normalized spacial score (nSPS) is 24.5. The molecule has 2 atom stereocenters. The minimum Gasteiger partial charge on any atom is -0.342 e. The highest BCUT2D eigenvalue weighted by molar-refractivity contribution is 8.15. The summed E-state index contributed by atoms with van der Waals surface area (Å²) in [6, 6.07) is 16.8. The van der Waals surface area contributed by atoms with Crippen LogP contribution in [0.2, 0.25) is 5.02 Å². The van der Waals surface area contributed by atoms with Gasteiger partial charge >= 0.3 is 0 Å². The Morgan fingerprint density at radius 1 is 1.07 bits per heavy atom. The molecule has 0 aliphatic carbocycles. The molecule has 28 heavy (non-hydrogen) atoms. The second-order valence-corrected chi connectivity index (χ2v) is 10.8. The Hall–Kier alpha value is -1.83. The van der Waals surface area contributed by atoms with Crippen LogP contribution in [0.3, 0.4) is 0 Å². The molecule has 0 spiro atoms. The molecule has 2 aliphatic rings. The van der Waals surface area contributed by atoms with E-state index in [-0.39, 0.29) is 35.1 Å². The average Bonchev–Trinajstić information content (AvgIpc) is 3.10. The molecule has 2 saturated heterocycles. The minimum absolute atomic E-state index is 0.0733. The first-order chi connectivity index (χ1) is 13.4. The van der Waals surface area contributed by atoms with Gasteiger partial charge in [-0.15, -0.1) is 0 Å². The van der Waals surface area contributed by atoms with Crippen LogP contribution in [-0.2, 0) is 27.6 Å². The Bertz CT molecular complexity index is 1010. The van der Waals surface area contributed by atoms with Crippen LogP contribution in [-0.4, -0.2) is 47.2 Å². The number of amidine groups is 1. The van der Waals surface area contributed by atoms with Gasteiger partial charge in [0.25, 0.3) is 5.91 Å². The molecule has 146 valence electrons. The number of carbonyl (C=O) groups excluding carboxylic acids is 1. The summed E-state index contributed by atoms with van der Waals surface area (Å²) in [5.41, 5.74) is 1.91. The molecule has 0 saturated carbocycles. The first kappa shape index (κ1) is 19.5. The number of nitrogens with zero attached hydrogens (tertiary/aromatic N) is 2. The molecular weight excluding hydrogens is 416 g/mol. The lowest BCUT2D eigenvalue weighted by atomic mass is 10.1. The van der Waals surface area contributed by atoms with Gasteiger partial charge in [0.15, 0.2) is 15.0 Å². The van der Waals surface area contributed by atoms with Gasteiger partial charge in [0.1, 0.15) is 0 Å². The SMILES string of the molecule is O=C(Cc1ccc(Cl)cc1)N=C1S[C@H]2CS(=O)(=O)C[C@H]2N1Cc1ccccc1. The number of hydrogen-bond acceptors (Lipinski definition) is 4. The van der Waals surface area contributed by atoms with Crippen molar-refractivity contribution >= 4 is 44.3 Å². The summed E-state index contributed by atoms with van der Waals surface area (Å²) in [7, 11) is -3.05. The van der Waals surface area contributed by atoms with Crippen molar-refractivity contribution in [1.29, 1.82) is 0 Å². The molecule has 0 unspecified atom stereocenters. The molecule has 2 aromatic rings. The fourth-order valence-corrected chi connectivity index (χ4v) is 7.62. The molecule has 2 aliphatic heterocycles. The van der Waals surface area contributed by atoms with E-state index < -0.39 is 9.84 Å². The van der Waals surface area contributed by atoms with Crippen LogP contribution in [0, 0.1) is 0 Å². The quantitative estimate of drug-likeness (QED) is 0.739. The number of fused-ring (bicyclic) bond motifs is 1. The molecule has 0 aromatic heterocycles. The van der Waals surface area contributed by atoms with E-state index in [1.807, 2.05) is 47.4 Å². The van der Waals surface area contributed by atoms with Crippen LogP contribution < -0.4 is 0 Å². The number of aliphatic imine (C=N–C) groups is 1. The maximum atomic E-state index is 12.5. The zero-order chi connectivity index (χ0) is 19.7. The van der Waals surface area contributed by atoms with E-state index in [1.54, 1.807) is 12.1 Å². The highest BCUT2D eigenvalue weighted by Crippen LogP contribution is 2.39. The van der Waals surface area contributed by atoms with E-state index in [4.69, 9.17) is 11.6 Å². The highest BCUT2D eigenvalue weighted by Gasteiger charge is 2.48. The molecule has 0 N–H and O–H groups in total. The van der Waals surface area contributed by atoms with Crippen molar-refractivity contribution in [3.05, 3.63) is 70.7 Å². The standard InChI is InChI=1S/C20H19ClN2O3S2/c21-16-8-6-14(7-9-16)10-19(24)22-20-23(11-15-4-2-1-3-5-15)17-12-28(25,26)13-18(17)27-20/h1-9,17-18H,10-13H2/t17-,18+/m1/s1. The summed E-state index contributed by atoms with van der Waals surface area (Å²) >= 11 is 7.29. The zero-order valence-electron chi connectivity index (χ0n) is 15.0. The van der Waals surface area contributed by atoms with Crippen molar-refractivity contribution < 1.29 is 13.2 Å². The third kappa shape index (κ3) is 4.42. The van der Waals surface area contributed by atoms with Crippen molar-refractivity contribution in [2.75, 3.05) is 11.5 Å². The largest absolute Gasteiger partial charge is 0.342 e. The van der Waals surface area contributed by atoms with Crippen LogP contribution in [0.5, 0.6) is 0 Å². The molecule has 2 fully saturated rings. The monoisotopic (exact) mass is 434 g/mol. The number of sulfone groups is 1. The van der Waals surface area contributed by atoms with Gasteiger partial charge in [0.05, 0.1) is 24.0 Å². The zero-order valence-corrected chi connectivity index (χ0v) is 17.4. The van der Waals surface area contributed by atoms with E-state index >= 15 is 0 Å². The number of carbonyl (C=O) groups is 1. The third-order valence-electron chi connectivity index (χ3n) is 4.86. The summed E-state index contributed by atoms with van der Waals surface area (Å²) in [6.45, 7) is 0.539. The minimum atomic E-state index is -3.05. The van der Waals surface area contributed by atoms with Gasteiger partial charge in [-0.3, -0.25) is 4.79 Å². The van der Waals surface area contributed by atoms with Crippen LogP contribution in [0.15, 0.2) is 59.6 Å². The molecular formula is C20H19ClN2O3S2. The maximum absolute atomic E-state index is 12.5. The van der Waals surface area contributed by atoms with Gasteiger partial charge < -0.3 is 4.90 Å². The van der Waals surface area contributed by atoms with Crippen molar-refractivity contribution in [3.63, 3.8) is 0 Å². The highest BCUT2D eigenvalue weighted by atomic mass is 35.5. The smallest absolute Gasteiger partial charge is 0.252 e. The van der Waals surface area contributed by atoms with Gasteiger partial charge in [-0.25, -0.2) is 8.42 Å². The van der Waals surface area contributed by atoms with E-state index in [1.165, 1.54) is 11.8 Å². The molecule has 0 bridgehead atoms. The van der Waals surface area contributed by atoms with Gasteiger partial charge in [-0.05, 0) is 23.3 Å². The predicted molar refractivity (Wildman–Crippen MR) is 113 cm³/mol. The molecule has 1 amide bonds. The number of rotatable bonds is 4. The molecule has 2 heterocycles. The molecule has 8 heteroatoms. The summed E-state index contributed by atoms with van der Waals surface area (Å²) in [4.78, 5) is 18.8. The summed E-state index contributed by atoms with van der Waals surface area (Å²) in [5, 5.41) is 1.17. The summed E-state index contributed by atoms with van der Waals surface area (Å²) in [6.07, 6.45) is 0.189. The first-order valence-electron chi connectivity index (χ1n) is 8.93. The molecule has 0 radical (unpaired) electrons. The number of thioether (sulfide) groups is 1. The third-order valence-corrected chi connectivity index (χ3v) is 8.36. The van der Waals surface area contributed by atoms with Gasteiger partial charge in [-0.1, -0.05) is 65.8 Å². The lowest BCUT2D eigenvalue weighted by Crippen LogP contribution is -2.37. The summed E-state index contributed by atoms with van der Waals surface area (Å²) < 4.78 is 24.2. The Morgan fingerprint density at radius 3 is 2.50 bits per heavy atom. The molecule has 2 aromatic carbocycles. The first-order valence-corrected chi connectivity index (χ1v) is 12.0. The number of hydrogen-bond donors (Lipinski definition) is 0. The maximum Gasteiger partial charge on any atom is 0.252 e. The van der Waals surface area contributed by atoms with Crippen LogP contribution in [0.1, 0.15) is 11.1 Å². The van der Waals surface area contributed by atoms with Crippen LogP contribution in [0.25, 0.3) is 0 Å². The van der Waals surface area contributed by atoms with E-state index in [9.17, 15) is 13.2 Å². The van der Waals surface area contributed by atoms with Crippen molar-refractivity contribution in [3.8, 4) is 0 Å². The Morgan fingerprint density at radius 2 is 1.79 bits per heavy atom. The Labute approximate surface area is 173 Å². The number of benzene rings is 2. The Balaban J connectivity index is 1.56. The second kappa shape index (κ2) is 7.89. The van der Waals surface area contributed by atoms with E-state index in [2.05, 4.69) is 4.99 Å². The molecule has 4 rings (SSSR count). The van der Waals surface area contributed by atoms with E-state index in [0.717, 1.165) is 11.1 Å². The van der Waals surface area contributed by atoms with E-state index in [0.29, 0.717) is 16.7 Å². The summed E-state index contributed by atoms with van der Waals surface area (Å²) in [5.74, 6) is 0.00521. The van der Waals surface area contributed by atoms with Crippen molar-refractivity contribution in [2.45, 2.75) is 24.3 Å².